The SMILES string of the molecule is Cc1c(F)cccc1-c1ccc2nc(N)c(C(=O)[C@@H]3C[C@H]3F)n2c1. The summed E-state index contributed by atoms with van der Waals surface area (Å²) in [5, 5.41) is 0. The van der Waals surface area contributed by atoms with Gasteiger partial charge in [-0.1, -0.05) is 12.1 Å². The van der Waals surface area contributed by atoms with Gasteiger partial charge in [-0.15, -0.1) is 0 Å². The zero-order chi connectivity index (χ0) is 17.0. The van der Waals surface area contributed by atoms with Crippen LogP contribution >= 0.6 is 0 Å². The van der Waals surface area contributed by atoms with E-state index in [4.69, 9.17) is 5.73 Å². The molecule has 4 rings (SSSR count). The Kier molecular flexibility index (Phi) is 3.16. The van der Waals surface area contributed by atoms with Gasteiger partial charge in [0.15, 0.2) is 11.6 Å². The molecule has 1 aromatic carbocycles. The van der Waals surface area contributed by atoms with Crippen LogP contribution in [0.3, 0.4) is 0 Å². The van der Waals surface area contributed by atoms with E-state index >= 15 is 0 Å². The molecule has 0 radical (unpaired) electrons. The molecule has 6 heteroatoms. The van der Waals surface area contributed by atoms with E-state index in [9.17, 15) is 13.6 Å². The highest BCUT2D eigenvalue weighted by Gasteiger charge is 2.45. The molecular formula is C18H15F2N3O. The fourth-order valence-electron chi connectivity index (χ4n) is 3.00. The van der Waals surface area contributed by atoms with E-state index in [0.717, 1.165) is 11.1 Å². The van der Waals surface area contributed by atoms with Gasteiger partial charge in [0.1, 0.15) is 23.3 Å². The summed E-state index contributed by atoms with van der Waals surface area (Å²) < 4.78 is 28.6. The molecule has 4 nitrogen and oxygen atoms in total. The molecule has 1 fully saturated rings. The smallest absolute Gasteiger partial charge is 0.189 e. The van der Waals surface area contributed by atoms with Crippen LogP contribution in [0.25, 0.3) is 16.8 Å². The van der Waals surface area contributed by atoms with Gasteiger partial charge in [-0.05, 0) is 48.2 Å². The minimum absolute atomic E-state index is 0.0900. The van der Waals surface area contributed by atoms with Crippen LogP contribution in [0.4, 0.5) is 14.6 Å². The molecule has 1 aliphatic rings. The molecule has 0 spiro atoms. The number of hydrogen-bond donors (Lipinski definition) is 1. The number of alkyl halides is 1. The number of benzene rings is 1. The zero-order valence-corrected chi connectivity index (χ0v) is 13.0. The lowest BCUT2D eigenvalue weighted by Crippen LogP contribution is -2.10. The van der Waals surface area contributed by atoms with Gasteiger partial charge >= 0.3 is 0 Å². The molecule has 1 saturated carbocycles. The number of carbonyl (C=O) groups is 1. The maximum Gasteiger partial charge on any atom is 0.189 e. The molecular weight excluding hydrogens is 312 g/mol. The molecule has 0 unspecified atom stereocenters. The van der Waals surface area contributed by atoms with Crippen molar-refractivity contribution in [1.29, 1.82) is 0 Å². The Morgan fingerprint density at radius 1 is 1.33 bits per heavy atom. The van der Waals surface area contributed by atoms with E-state index < -0.39 is 12.1 Å². The normalized spacial score (nSPS) is 19.6. The average Bonchev–Trinajstić information content (AvgIpc) is 3.19. The number of imidazole rings is 1. The highest BCUT2D eigenvalue weighted by atomic mass is 19.1. The Balaban J connectivity index is 1.88. The van der Waals surface area contributed by atoms with Gasteiger partial charge in [-0.25, -0.2) is 13.8 Å². The minimum atomic E-state index is -1.10. The Labute approximate surface area is 136 Å². The number of hydrogen-bond acceptors (Lipinski definition) is 3. The van der Waals surface area contributed by atoms with Gasteiger partial charge in [0.2, 0.25) is 0 Å². The quantitative estimate of drug-likeness (QED) is 0.748. The van der Waals surface area contributed by atoms with Crippen molar-refractivity contribution in [2.24, 2.45) is 5.92 Å². The number of Topliss-reactive ketones (excluding diaryl/α,β-unsaturated/α-hetero) is 1. The number of fused-ring (bicyclic) bond motifs is 1. The van der Waals surface area contributed by atoms with Crippen molar-refractivity contribution >= 4 is 17.2 Å². The number of nitrogens with two attached hydrogens (primary N) is 1. The van der Waals surface area contributed by atoms with Gasteiger partial charge in [-0.2, -0.15) is 0 Å². The first-order valence-corrected chi connectivity index (χ1v) is 7.68. The van der Waals surface area contributed by atoms with E-state index in [2.05, 4.69) is 4.98 Å². The topological polar surface area (TPSA) is 60.4 Å². The standard InChI is InChI=1S/C18H15F2N3O/c1-9-11(3-2-4-13(9)19)10-5-6-15-22-18(21)16(23(15)8-10)17(24)12-7-14(12)20/h2-6,8,12,14H,7,21H2,1H3/t12-,14-/m1/s1. The van der Waals surface area contributed by atoms with Crippen LogP contribution in [0.15, 0.2) is 36.5 Å². The molecule has 24 heavy (non-hydrogen) atoms. The molecule has 0 amide bonds. The number of aromatic nitrogens is 2. The second kappa shape index (κ2) is 5.12. The fraction of sp³-hybridized carbons (Fsp3) is 0.222. The minimum Gasteiger partial charge on any atom is -0.382 e. The molecule has 122 valence electrons. The number of anilines is 1. The van der Waals surface area contributed by atoms with E-state index in [-0.39, 0.29) is 29.5 Å². The summed E-state index contributed by atoms with van der Waals surface area (Å²) in [6, 6.07) is 8.35. The Hall–Kier alpha value is -2.76. The second-order valence-electron chi connectivity index (χ2n) is 6.13. The molecule has 1 aliphatic carbocycles. The van der Waals surface area contributed by atoms with E-state index in [1.807, 2.05) is 0 Å². The summed E-state index contributed by atoms with van der Waals surface area (Å²) in [5.74, 6) is -1.17. The summed E-state index contributed by atoms with van der Waals surface area (Å²) in [4.78, 5) is 16.6. The van der Waals surface area contributed by atoms with Crippen molar-refractivity contribution in [3.63, 3.8) is 0 Å². The van der Waals surface area contributed by atoms with E-state index in [1.54, 1.807) is 41.8 Å². The van der Waals surface area contributed by atoms with Crippen LogP contribution in [0.5, 0.6) is 0 Å². The Morgan fingerprint density at radius 3 is 2.79 bits per heavy atom. The van der Waals surface area contributed by atoms with Crippen LogP contribution < -0.4 is 5.73 Å². The first-order chi connectivity index (χ1) is 11.5. The largest absolute Gasteiger partial charge is 0.382 e. The fourth-order valence-corrected chi connectivity index (χ4v) is 3.00. The Morgan fingerprint density at radius 2 is 2.08 bits per heavy atom. The molecule has 3 aromatic rings. The second-order valence-corrected chi connectivity index (χ2v) is 6.13. The average molecular weight is 327 g/mol. The summed E-state index contributed by atoms with van der Waals surface area (Å²) in [7, 11) is 0. The number of halogens is 2. The van der Waals surface area contributed by atoms with Gasteiger partial charge in [0, 0.05) is 6.20 Å². The maximum absolute atomic E-state index is 13.8. The molecule has 2 aromatic heterocycles. The van der Waals surface area contributed by atoms with Crippen molar-refractivity contribution in [2.45, 2.75) is 19.5 Å². The number of rotatable bonds is 3. The van der Waals surface area contributed by atoms with Crippen molar-refractivity contribution in [3.05, 3.63) is 53.6 Å². The molecule has 0 bridgehead atoms. The van der Waals surface area contributed by atoms with Gasteiger partial charge in [0.05, 0.1) is 5.92 Å². The summed E-state index contributed by atoms with van der Waals surface area (Å²) in [6.45, 7) is 1.70. The lowest BCUT2D eigenvalue weighted by Gasteiger charge is -2.08. The highest BCUT2D eigenvalue weighted by Crippen LogP contribution is 2.38. The number of nitrogens with zero attached hydrogens (tertiary/aromatic N) is 2. The van der Waals surface area contributed by atoms with Crippen LogP contribution in [0.1, 0.15) is 22.5 Å². The third kappa shape index (κ3) is 2.18. The molecule has 0 saturated heterocycles. The van der Waals surface area contributed by atoms with Crippen molar-refractivity contribution in [2.75, 3.05) is 5.73 Å². The highest BCUT2D eigenvalue weighted by molar-refractivity contribution is 6.03. The first-order valence-electron chi connectivity index (χ1n) is 7.68. The number of pyridine rings is 1. The van der Waals surface area contributed by atoms with Gasteiger partial charge in [-0.3, -0.25) is 9.20 Å². The van der Waals surface area contributed by atoms with Crippen LogP contribution in [0, 0.1) is 18.7 Å². The molecule has 2 atom stereocenters. The zero-order valence-electron chi connectivity index (χ0n) is 13.0. The van der Waals surface area contributed by atoms with Crippen LogP contribution in [-0.4, -0.2) is 21.3 Å². The van der Waals surface area contributed by atoms with Crippen LogP contribution in [-0.2, 0) is 0 Å². The predicted molar refractivity (Wildman–Crippen MR) is 87.1 cm³/mol. The Bertz CT molecular complexity index is 980. The summed E-state index contributed by atoms with van der Waals surface area (Å²) >= 11 is 0. The van der Waals surface area contributed by atoms with Crippen molar-refractivity contribution < 1.29 is 13.6 Å². The predicted octanol–water partition coefficient (Wildman–Crippen LogP) is 3.57. The molecule has 2 N–H and O–H groups in total. The molecule has 2 heterocycles. The van der Waals surface area contributed by atoms with Gasteiger partial charge < -0.3 is 5.73 Å². The van der Waals surface area contributed by atoms with Crippen molar-refractivity contribution in [1.82, 2.24) is 9.38 Å². The maximum atomic E-state index is 13.8. The van der Waals surface area contributed by atoms with E-state index in [0.29, 0.717) is 11.2 Å². The van der Waals surface area contributed by atoms with Gasteiger partial charge in [0.25, 0.3) is 0 Å². The van der Waals surface area contributed by atoms with Crippen LogP contribution in [0.2, 0.25) is 0 Å². The first kappa shape index (κ1) is 14.8. The third-order valence-corrected chi connectivity index (χ3v) is 4.51. The molecule has 0 aliphatic heterocycles. The third-order valence-electron chi connectivity index (χ3n) is 4.51. The lowest BCUT2D eigenvalue weighted by molar-refractivity contribution is 0.0952. The number of carbonyl (C=O) groups excluding carboxylic acids is 1. The van der Waals surface area contributed by atoms with Crippen molar-refractivity contribution in [3.8, 4) is 11.1 Å². The summed E-state index contributed by atoms with van der Waals surface area (Å²) in [6.07, 6.45) is 0.827. The van der Waals surface area contributed by atoms with E-state index in [1.165, 1.54) is 6.07 Å². The number of ketones is 1. The lowest BCUT2D eigenvalue weighted by atomic mass is 10.0. The number of nitrogen functional groups attached to an aromatic ring is 1. The summed E-state index contributed by atoms with van der Waals surface area (Å²) in [5.41, 5.74) is 8.55. The monoisotopic (exact) mass is 327 g/mol.